The number of halogens is 1. The maximum atomic E-state index is 13.0. The number of nitrogens with zero attached hydrogens (tertiary/aromatic N) is 3. The van der Waals surface area contributed by atoms with E-state index in [4.69, 9.17) is 0 Å². The third-order valence-corrected chi connectivity index (χ3v) is 5.42. The van der Waals surface area contributed by atoms with Crippen molar-refractivity contribution in [2.75, 3.05) is 19.8 Å². The van der Waals surface area contributed by atoms with Crippen LogP contribution in [0.15, 0.2) is 35.3 Å². The minimum Gasteiger partial charge on any atom is -0.623 e. The normalized spacial score (nSPS) is 26.5. The van der Waals surface area contributed by atoms with Gasteiger partial charge in [0.05, 0.1) is 11.2 Å². The number of rotatable bonds is 4. The quantitative estimate of drug-likeness (QED) is 0.511. The molecule has 2 unspecified atom stereocenters. The maximum absolute atomic E-state index is 13.0. The van der Waals surface area contributed by atoms with E-state index in [1.807, 2.05) is 29.2 Å². The van der Waals surface area contributed by atoms with Crippen LogP contribution >= 0.6 is 27.3 Å². The Bertz CT molecular complexity index is 677. The first-order valence-corrected chi connectivity index (χ1v) is 8.31. The van der Waals surface area contributed by atoms with E-state index in [-0.39, 0.29) is 6.67 Å². The van der Waals surface area contributed by atoms with Gasteiger partial charge >= 0.3 is 0 Å². The Hall–Kier alpha value is -0.830. The summed E-state index contributed by atoms with van der Waals surface area (Å²) in [5, 5.41) is 23.7. The average Bonchev–Trinajstić information content (AvgIpc) is 3.01. The molecule has 112 valence electrons. The molecule has 0 amide bonds. The van der Waals surface area contributed by atoms with Gasteiger partial charge in [-0.05, 0) is 34.5 Å². The highest BCUT2D eigenvalue weighted by Gasteiger charge is 2.42. The van der Waals surface area contributed by atoms with Gasteiger partial charge in [-0.2, -0.15) is 4.98 Å². The zero-order chi connectivity index (χ0) is 15.0. The molecule has 0 radical (unpaired) electrons. The standard InChI is InChI=1S/C14H16BrN3O2S/c1-2-3-7-17-8-12(19)18(20,9-17)14-16-13-10(15)5-4-6-11(13)21-14/h2,4-6,12,19H,1,3,7-9H2. The molecule has 21 heavy (non-hydrogen) atoms. The van der Waals surface area contributed by atoms with Crippen LogP contribution in [0.3, 0.4) is 0 Å². The summed E-state index contributed by atoms with van der Waals surface area (Å²) in [6.45, 7) is 5.02. The Labute approximate surface area is 135 Å². The van der Waals surface area contributed by atoms with Crippen LogP contribution in [-0.2, 0) is 0 Å². The van der Waals surface area contributed by atoms with Crippen LogP contribution in [0.2, 0.25) is 0 Å². The molecule has 1 aromatic heterocycles. The van der Waals surface area contributed by atoms with E-state index in [2.05, 4.69) is 27.5 Å². The summed E-state index contributed by atoms with van der Waals surface area (Å²) in [4.78, 5) is 6.41. The fourth-order valence-electron chi connectivity index (χ4n) is 2.50. The van der Waals surface area contributed by atoms with Gasteiger partial charge in [0.15, 0.2) is 0 Å². The molecule has 0 saturated carbocycles. The predicted octanol–water partition coefficient (Wildman–Crippen LogP) is 3.03. The molecule has 1 aliphatic heterocycles. The second kappa shape index (κ2) is 5.75. The molecule has 1 saturated heterocycles. The van der Waals surface area contributed by atoms with E-state index in [1.54, 1.807) is 0 Å². The van der Waals surface area contributed by atoms with Crippen LogP contribution < -0.4 is 4.65 Å². The van der Waals surface area contributed by atoms with E-state index in [0.29, 0.717) is 11.7 Å². The Morgan fingerprint density at radius 2 is 2.43 bits per heavy atom. The van der Waals surface area contributed by atoms with Crippen molar-refractivity contribution in [2.45, 2.75) is 12.6 Å². The number of benzene rings is 1. The number of β-amino-alcohol motifs (C(OH)–C–C–N with tert-alkyl or cyclic N) is 1. The number of hydroxylamine groups is 2. The number of quaternary nitrogens is 1. The highest BCUT2D eigenvalue weighted by Crippen LogP contribution is 2.38. The number of hydrogen-bond acceptors (Lipinski definition) is 5. The fourth-order valence-corrected chi connectivity index (χ4v) is 4.15. The van der Waals surface area contributed by atoms with Gasteiger partial charge in [0.2, 0.25) is 6.23 Å². The lowest BCUT2D eigenvalue weighted by Crippen LogP contribution is -2.48. The lowest BCUT2D eigenvalue weighted by molar-refractivity contribution is 0.0848. The van der Waals surface area contributed by atoms with Crippen LogP contribution in [0.1, 0.15) is 6.42 Å². The van der Waals surface area contributed by atoms with Crippen molar-refractivity contribution in [1.82, 2.24) is 14.5 Å². The van der Waals surface area contributed by atoms with Crippen molar-refractivity contribution in [2.24, 2.45) is 0 Å². The van der Waals surface area contributed by atoms with Crippen molar-refractivity contribution >= 4 is 42.6 Å². The lowest BCUT2D eigenvalue weighted by Gasteiger charge is -2.37. The Balaban J connectivity index is 1.93. The van der Waals surface area contributed by atoms with Gasteiger partial charge in [-0.1, -0.05) is 23.5 Å². The summed E-state index contributed by atoms with van der Waals surface area (Å²) in [5.74, 6) is 0. The number of hydrogen-bond donors (Lipinski definition) is 1. The number of aromatic nitrogens is 1. The van der Waals surface area contributed by atoms with E-state index in [9.17, 15) is 10.3 Å². The molecular formula is C14H16BrN3O2S. The molecule has 1 fully saturated rings. The van der Waals surface area contributed by atoms with E-state index >= 15 is 0 Å². The Morgan fingerprint density at radius 3 is 3.14 bits per heavy atom. The number of fused-ring (bicyclic) bond motifs is 1. The summed E-state index contributed by atoms with van der Waals surface area (Å²) in [6, 6.07) is 5.75. The summed E-state index contributed by atoms with van der Waals surface area (Å²) >= 11 is 4.80. The molecule has 0 bridgehead atoms. The molecule has 7 heteroatoms. The SMILES string of the molecule is C=CCCN1CC(O)[N+]([O-])(c2nc3c(Br)cccc3s2)C1. The topological polar surface area (TPSA) is 59.4 Å². The Morgan fingerprint density at radius 1 is 1.62 bits per heavy atom. The number of aliphatic hydroxyl groups excluding tert-OH is 1. The third kappa shape index (κ3) is 2.65. The highest BCUT2D eigenvalue weighted by molar-refractivity contribution is 9.10. The fraction of sp³-hybridized carbons (Fsp3) is 0.357. The van der Waals surface area contributed by atoms with Crippen LogP contribution in [0.25, 0.3) is 10.2 Å². The predicted molar refractivity (Wildman–Crippen MR) is 89.7 cm³/mol. The van der Waals surface area contributed by atoms with Crippen molar-refractivity contribution < 1.29 is 5.11 Å². The van der Waals surface area contributed by atoms with Crippen LogP contribution in [0, 0.1) is 5.21 Å². The maximum Gasteiger partial charge on any atom is 0.290 e. The third-order valence-electron chi connectivity index (χ3n) is 3.64. The molecule has 2 atom stereocenters. The smallest absolute Gasteiger partial charge is 0.290 e. The van der Waals surface area contributed by atoms with Crippen molar-refractivity contribution in [3.8, 4) is 0 Å². The van der Waals surface area contributed by atoms with Crippen LogP contribution in [0.4, 0.5) is 5.13 Å². The first-order chi connectivity index (χ1) is 10.0. The monoisotopic (exact) mass is 369 g/mol. The molecule has 1 aliphatic rings. The van der Waals surface area contributed by atoms with E-state index < -0.39 is 10.9 Å². The second-order valence-electron chi connectivity index (χ2n) is 5.15. The molecule has 3 rings (SSSR count). The molecule has 0 spiro atoms. The van der Waals surface area contributed by atoms with Gasteiger partial charge in [-0.3, -0.25) is 4.65 Å². The minimum atomic E-state index is -0.992. The van der Waals surface area contributed by atoms with E-state index in [1.165, 1.54) is 11.3 Å². The molecule has 2 heterocycles. The molecule has 5 nitrogen and oxygen atoms in total. The summed E-state index contributed by atoms with van der Waals surface area (Å²) in [5.41, 5.74) is 0.780. The molecular weight excluding hydrogens is 354 g/mol. The second-order valence-corrected chi connectivity index (χ2v) is 7.02. The number of thiazole rings is 1. The minimum absolute atomic E-state index is 0.229. The van der Waals surface area contributed by atoms with E-state index in [0.717, 1.165) is 27.7 Å². The first kappa shape index (κ1) is 15.1. The highest BCUT2D eigenvalue weighted by atomic mass is 79.9. The molecule has 1 aromatic carbocycles. The van der Waals surface area contributed by atoms with Gasteiger partial charge in [0.25, 0.3) is 5.13 Å². The van der Waals surface area contributed by atoms with Gasteiger partial charge in [-0.25, -0.2) is 4.90 Å². The van der Waals surface area contributed by atoms with Crippen LogP contribution in [0.5, 0.6) is 0 Å². The number of aliphatic hydroxyl groups is 1. The summed E-state index contributed by atoms with van der Waals surface area (Å²) < 4.78 is 1.03. The first-order valence-electron chi connectivity index (χ1n) is 6.70. The van der Waals surface area contributed by atoms with Crippen molar-refractivity contribution in [1.29, 1.82) is 0 Å². The van der Waals surface area contributed by atoms with Gasteiger partial charge < -0.3 is 10.3 Å². The summed E-state index contributed by atoms with van der Waals surface area (Å²) in [7, 11) is 0. The van der Waals surface area contributed by atoms with Crippen LogP contribution in [-0.4, -0.2) is 41.0 Å². The van der Waals surface area contributed by atoms with Crippen molar-refractivity contribution in [3.05, 3.63) is 40.5 Å². The zero-order valence-corrected chi connectivity index (χ0v) is 13.8. The molecule has 0 aliphatic carbocycles. The largest absolute Gasteiger partial charge is 0.623 e. The molecule has 2 aromatic rings. The average molecular weight is 370 g/mol. The van der Waals surface area contributed by atoms with Gasteiger partial charge in [0.1, 0.15) is 12.2 Å². The number of para-hydroxylation sites is 1. The van der Waals surface area contributed by atoms with Crippen molar-refractivity contribution in [3.63, 3.8) is 0 Å². The zero-order valence-electron chi connectivity index (χ0n) is 11.4. The van der Waals surface area contributed by atoms with Gasteiger partial charge in [0, 0.05) is 11.0 Å². The Kier molecular flexibility index (Phi) is 4.13. The lowest BCUT2D eigenvalue weighted by atomic mass is 10.3. The van der Waals surface area contributed by atoms with Gasteiger partial charge in [-0.15, -0.1) is 6.58 Å². The molecule has 1 N–H and O–H groups in total. The summed E-state index contributed by atoms with van der Waals surface area (Å²) in [6.07, 6.45) is 1.63.